The lowest BCUT2D eigenvalue weighted by Crippen LogP contribution is -2.42. The van der Waals surface area contributed by atoms with Crippen LogP contribution >= 0.6 is 0 Å². The van der Waals surface area contributed by atoms with Gasteiger partial charge in [-0.1, -0.05) is 72.8 Å². The van der Waals surface area contributed by atoms with E-state index in [9.17, 15) is 19.5 Å². The quantitative estimate of drug-likeness (QED) is 0.247. The van der Waals surface area contributed by atoms with Crippen LogP contribution in [0.25, 0.3) is 10.8 Å². The van der Waals surface area contributed by atoms with Crippen molar-refractivity contribution in [3.05, 3.63) is 119 Å². The number of carbonyl (C=O) groups is 3. The highest BCUT2D eigenvalue weighted by molar-refractivity contribution is 5.96. The Labute approximate surface area is 252 Å². The predicted octanol–water partition coefficient (Wildman–Crippen LogP) is 7.39. The van der Waals surface area contributed by atoms with Gasteiger partial charge in [0.05, 0.1) is 11.6 Å². The molecular formula is C36H38N2O5. The standard InChI is InChI=1S/C36H38N2O5/c1-24(30-16-10-14-25-13-8-9-15-31(25)30)38(35(42)43-36(2,3)4)22-29-21-37(23-32(29)26-11-6-5-7-12-26)33(39)27-17-19-28(20-18-27)34(40)41/h5-20,24,29,32H,21-23H2,1-4H3,(H,40,41)/t24-,29-,32-/m1/s1. The lowest BCUT2D eigenvalue weighted by atomic mass is 9.88. The number of hydrogen-bond acceptors (Lipinski definition) is 4. The number of benzene rings is 4. The van der Waals surface area contributed by atoms with Gasteiger partial charge < -0.3 is 19.6 Å². The number of likely N-dealkylation sites (tertiary alicyclic amines) is 1. The van der Waals surface area contributed by atoms with Crippen LogP contribution in [0, 0.1) is 5.92 Å². The number of aromatic carboxylic acids is 1. The fraction of sp³-hybridized carbons (Fsp3) is 0.306. The van der Waals surface area contributed by atoms with Gasteiger partial charge in [-0.25, -0.2) is 9.59 Å². The minimum atomic E-state index is -1.04. The highest BCUT2D eigenvalue weighted by Crippen LogP contribution is 2.37. The van der Waals surface area contributed by atoms with Gasteiger partial charge in [0.1, 0.15) is 5.60 Å². The average Bonchev–Trinajstić information content (AvgIpc) is 3.42. The van der Waals surface area contributed by atoms with Crippen molar-refractivity contribution in [2.75, 3.05) is 19.6 Å². The average molecular weight is 579 g/mol. The summed E-state index contributed by atoms with van der Waals surface area (Å²) in [6.07, 6.45) is -0.395. The van der Waals surface area contributed by atoms with Crippen molar-refractivity contribution < 1.29 is 24.2 Å². The number of carboxylic acids is 1. The number of amides is 2. The summed E-state index contributed by atoms with van der Waals surface area (Å²) < 4.78 is 5.94. The second-order valence-corrected chi connectivity index (χ2v) is 12.2. The molecule has 4 aromatic rings. The van der Waals surface area contributed by atoms with Crippen molar-refractivity contribution in [3.8, 4) is 0 Å². The number of nitrogens with zero attached hydrogens (tertiary/aromatic N) is 2. The maximum absolute atomic E-state index is 13.8. The van der Waals surface area contributed by atoms with Crippen LogP contribution in [0.4, 0.5) is 4.79 Å². The van der Waals surface area contributed by atoms with E-state index in [1.165, 1.54) is 12.1 Å². The molecule has 1 aliphatic rings. The second-order valence-electron chi connectivity index (χ2n) is 12.2. The van der Waals surface area contributed by atoms with E-state index in [1.54, 1.807) is 12.1 Å². The molecule has 0 spiro atoms. The van der Waals surface area contributed by atoms with Crippen molar-refractivity contribution in [2.24, 2.45) is 5.92 Å². The first kappa shape index (κ1) is 29.8. The van der Waals surface area contributed by atoms with Gasteiger partial charge in [-0.3, -0.25) is 4.79 Å². The van der Waals surface area contributed by atoms with Crippen LogP contribution in [0.2, 0.25) is 0 Å². The Kier molecular flexibility index (Phi) is 8.53. The molecular weight excluding hydrogens is 540 g/mol. The molecule has 1 aliphatic heterocycles. The van der Waals surface area contributed by atoms with Crippen molar-refractivity contribution in [1.29, 1.82) is 0 Å². The highest BCUT2D eigenvalue weighted by Gasteiger charge is 2.40. The van der Waals surface area contributed by atoms with Crippen LogP contribution in [-0.2, 0) is 4.74 Å². The van der Waals surface area contributed by atoms with Gasteiger partial charge in [-0.05, 0) is 73.9 Å². The molecule has 0 aliphatic carbocycles. The fourth-order valence-corrected chi connectivity index (χ4v) is 5.98. The molecule has 7 nitrogen and oxygen atoms in total. The number of fused-ring (bicyclic) bond motifs is 1. The summed E-state index contributed by atoms with van der Waals surface area (Å²) in [4.78, 5) is 42.4. The zero-order valence-corrected chi connectivity index (χ0v) is 25.1. The number of hydrogen-bond donors (Lipinski definition) is 1. The molecule has 0 unspecified atom stereocenters. The van der Waals surface area contributed by atoms with Crippen LogP contribution in [0.3, 0.4) is 0 Å². The lowest BCUT2D eigenvalue weighted by molar-refractivity contribution is 0.0137. The van der Waals surface area contributed by atoms with Crippen LogP contribution in [0.15, 0.2) is 97.1 Å². The van der Waals surface area contributed by atoms with Crippen molar-refractivity contribution >= 4 is 28.7 Å². The number of carboxylic acid groups (broad SMARTS) is 1. The second kappa shape index (κ2) is 12.3. The molecule has 43 heavy (non-hydrogen) atoms. The molecule has 0 saturated carbocycles. The minimum absolute atomic E-state index is 0.00639. The van der Waals surface area contributed by atoms with E-state index < -0.39 is 17.7 Å². The van der Waals surface area contributed by atoms with E-state index >= 15 is 0 Å². The van der Waals surface area contributed by atoms with E-state index in [-0.39, 0.29) is 29.3 Å². The molecule has 1 fully saturated rings. The summed E-state index contributed by atoms with van der Waals surface area (Å²) in [5.41, 5.74) is 2.03. The Balaban J connectivity index is 1.48. The fourth-order valence-electron chi connectivity index (χ4n) is 5.98. The summed E-state index contributed by atoms with van der Waals surface area (Å²) in [6.45, 7) is 8.95. The zero-order valence-electron chi connectivity index (χ0n) is 25.1. The maximum atomic E-state index is 13.8. The first-order valence-electron chi connectivity index (χ1n) is 14.7. The SMILES string of the molecule is C[C@H](c1cccc2ccccc12)N(C[C@H]1CN(C(=O)c2ccc(C(=O)O)cc2)C[C@@H]1c1ccccc1)C(=O)OC(C)(C)C. The third-order valence-electron chi connectivity index (χ3n) is 8.13. The summed E-state index contributed by atoms with van der Waals surface area (Å²) >= 11 is 0. The van der Waals surface area contributed by atoms with Crippen molar-refractivity contribution in [3.63, 3.8) is 0 Å². The van der Waals surface area contributed by atoms with Crippen molar-refractivity contribution in [1.82, 2.24) is 9.80 Å². The Morgan fingerprint density at radius 2 is 1.49 bits per heavy atom. The molecule has 0 bridgehead atoms. The van der Waals surface area contributed by atoms with Crippen LogP contribution < -0.4 is 0 Å². The summed E-state index contributed by atoms with van der Waals surface area (Å²) in [6, 6.07) is 30.1. The van der Waals surface area contributed by atoms with Gasteiger partial charge in [0.25, 0.3) is 5.91 Å². The largest absolute Gasteiger partial charge is 0.478 e. The lowest BCUT2D eigenvalue weighted by Gasteiger charge is -2.35. The normalized spacial score (nSPS) is 17.4. The zero-order chi connectivity index (χ0) is 30.7. The highest BCUT2D eigenvalue weighted by atomic mass is 16.6. The third kappa shape index (κ3) is 6.72. The summed E-state index contributed by atoms with van der Waals surface area (Å²) in [5, 5.41) is 11.5. The third-order valence-corrected chi connectivity index (χ3v) is 8.13. The van der Waals surface area contributed by atoms with E-state index in [0.717, 1.165) is 21.9 Å². The van der Waals surface area contributed by atoms with Gasteiger partial charge >= 0.3 is 12.1 Å². The topological polar surface area (TPSA) is 87.2 Å². The number of rotatable bonds is 7. The van der Waals surface area contributed by atoms with Crippen LogP contribution in [0.1, 0.15) is 71.5 Å². The molecule has 1 saturated heterocycles. The van der Waals surface area contributed by atoms with Crippen LogP contribution in [0.5, 0.6) is 0 Å². The first-order chi connectivity index (χ1) is 20.5. The molecule has 0 radical (unpaired) electrons. The molecule has 0 aromatic heterocycles. The van der Waals surface area contributed by atoms with E-state index in [4.69, 9.17) is 4.74 Å². The molecule has 2 amide bonds. The first-order valence-corrected chi connectivity index (χ1v) is 14.7. The van der Waals surface area contributed by atoms with E-state index in [1.807, 2.05) is 73.9 Å². The van der Waals surface area contributed by atoms with Gasteiger partial charge in [0.15, 0.2) is 0 Å². The Morgan fingerprint density at radius 3 is 2.16 bits per heavy atom. The van der Waals surface area contributed by atoms with E-state index in [2.05, 4.69) is 36.4 Å². The molecule has 3 atom stereocenters. The molecule has 1 heterocycles. The van der Waals surface area contributed by atoms with Gasteiger partial charge in [-0.15, -0.1) is 0 Å². The molecule has 1 N–H and O–H groups in total. The maximum Gasteiger partial charge on any atom is 0.410 e. The van der Waals surface area contributed by atoms with E-state index in [0.29, 0.717) is 25.2 Å². The van der Waals surface area contributed by atoms with Gasteiger partial charge in [-0.2, -0.15) is 0 Å². The smallest absolute Gasteiger partial charge is 0.410 e. The molecule has 4 aromatic carbocycles. The molecule has 222 valence electrons. The van der Waals surface area contributed by atoms with Gasteiger partial charge in [0, 0.05) is 37.0 Å². The monoisotopic (exact) mass is 578 g/mol. The van der Waals surface area contributed by atoms with Crippen molar-refractivity contribution in [2.45, 2.75) is 45.3 Å². The molecule has 7 heteroatoms. The summed E-state index contributed by atoms with van der Waals surface area (Å²) in [7, 11) is 0. The number of carbonyl (C=O) groups excluding carboxylic acids is 2. The summed E-state index contributed by atoms with van der Waals surface area (Å²) in [5.74, 6) is -1.26. The van der Waals surface area contributed by atoms with Gasteiger partial charge in [0.2, 0.25) is 0 Å². The Bertz CT molecular complexity index is 1610. The predicted molar refractivity (Wildman–Crippen MR) is 167 cm³/mol. The number of ether oxygens (including phenoxy) is 1. The van der Waals surface area contributed by atoms with Crippen LogP contribution in [-0.4, -0.2) is 58.1 Å². The Hall–Kier alpha value is -4.65. The Morgan fingerprint density at radius 1 is 0.860 bits per heavy atom. The minimum Gasteiger partial charge on any atom is -0.478 e. The molecule has 5 rings (SSSR count).